The van der Waals surface area contributed by atoms with E-state index in [0.29, 0.717) is 6.04 Å². The molecule has 1 aromatic heterocycles. The second-order valence-electron chi connectivity index (χ2n) is 5.26. The number of fused-ring (bicyclic) bond motifs is 1. The van der Waals surface area contributed by atoms with Crippen LogP contribution in [-0.4, -0.2) is 33.0 Å². The van der Waals surface area contributed by atoms with Crippen molar-refractivity contribution in [2.45, 2.75) is 49.8 Å². The Hall–Kier alpha value is -1.07. The Morgan fingerprint density at radius 3 is 3.11 bits per heavy atom. The quantitative estimate of drug-likeness (QED) is 0.814. The lowest BCUT2D eigenvalue weighted by molar-refractivity contribution is 0.124. The first kappa shape index (κ1) is 12.9. The molecule has 5 heteroatoms. The zero-order chi connectivity index (χ0) is 13.2. The SMILES string of the molecule is CC1=CCSc2ncnc(NC3CCCC(O)C3)c21. The zero-order valence-electron chi connectivity index (χ0n) is 11.1. The highest BCUT2D eigenvalue weighted by Crippen LogP contribution is 2.36. The standard InChI is InChI=1S/C14H19N3OS/c1-9-5-6-19-14-12(9)13(15-8-16-14)17-10-3-2-4-11(18)7-10/h5,8,10-11,18H,2-4,6-7H2,1H3,(H,15,16,17). The Balaban J connectivity index is 1.84. The molecule has 0 radical (unpaired) electrons. The summed E-state index contributed by atoms with van der Waals surface area (Å²) < 4.78 is 0. The van der Waals surface area contributed by atoms with E-state index >= 15 is 0 Å². The summed E-state index contributed by atoms with van der Waals surface area (Å²) >= 11 is 1.75. The average molecular weight is 277 g/mol. The minimum absolute atomic E-state index is 0.171. The summed E-state index contributed by atoms with van der Waals surface area (Å²) in [5.74, 6) is 1.90. The third-order valence-corrected chi connectivity index (χ3v) is 4.72. The largest absolute Gasteiger partial charge is 0.393 e. The maximum Gasteiger partial charge on any atom is 0.138 e. The predicted molar refractivity (Wildman–Crippen MR) is 78.3 cm³/mol. The summed E-state index contributed by atoms with van der Waals surface area (Å²) in [6.07, 6.45) is 7.60. The number of hydrogen-bond acceptors (Lipinski definition) is 5. The molecule has 3 rings (SSSR count). The number of hydrogen-bond donors (Lipinski definition) is 2. The van der Waals surface area contributed by atoms with Gasteiger partial charge in [0.2, 0.25) is 0 Å². The predicted octanol–water partition coefficient (Wildman–Crippen LogP) is 2.70. The maximum absolute atomic E-state index is 9.76. The molecule has 2 atom stereocenters. The number of thioether (sulfide) groups is 1. The van der Waals surface area contributed by atoms with Crippen molar-refractivity contribution in [1.82, 2.24) is 9.97 Å². The van der Waals surface area contributed by atoms with Crippen molar-refractivity contribution in [1.29, 1.82) is 0 Å². The van der Waals surface area contributed by atoms with Crippen LogP contribution in [0.2, 0.25) is 0 Å². The number of rotatable bonds is 2. The lowest BCUT2D eigenvalue weighted by Crippen LogP contribution is -2.30. The zero-order valence-corrected chi connectivity index (χ0v) is 11.9. The van der Waals surface area contributed by atoms with Gasteiger partial charge in [0.1, 0.15) is 17.2 Å². The molecule has 0 spiro atoms. The summed E-state index contributed by atoms with van der Waals surface area (Å²) in [6, 6.07) is 0.322. The van der Waals surface area contributed by atoms with Crippen molar-refractivity contribution in [3.63, 3.8) is 0 Å². The molecule has 0 bridgehead atoms. The first-order chi connectivity index (χ1) is 9.24. The number of aliphatic hydroxyl groups is 1. The molecule has 1 fully saturated rings. The van der Waals surface area contributed by atoms with Crippen molar-refractivity contribution >= 4 is 23.2 Å². The van der Waals surface area contributed by atoms with Gasteiger partial charge in [-0.25, -0.2) is 9.97 Å². The summed E-state index contributed by atoms with van der Waals surface area (Å²) in [6.45, 7) is 2.11. The molecule has 1 aromatic rings. The van der Waals surface area contributed by atoms with Gasteiger partial charge in [-0.2, -0.15) is 0 Å². The van der Waals surface area contributed by atoms with E-state index in [2.05, 4.69) is 28.3 Å². The normalized spacial score (nSPS) is 26.5. The van der Waals surface area contributed by atoms with Crippen LogP contribution in [0.25, 0.3) is 5.57 Å². The number of nitrogens with zero attached hydrogens (tertiary/aromatic N) is 2. The van der Waals surface area contributed by atoms with Crippen LogP contribution in [-0.2, 0) is 0 Å². The molecular weight excluding hydrogens is 258 g/mol. The smallest absolute Gasteiger partial charge is 0.138 e. The monoisotopic (exact) mass is 277 g/mol. The van der Waals surface area contributed by atoms with Crippen molar-refractivity contribution < 1.29 is 5.11 Å². The van der Waals surface area contributed by atoms with Crippen molar-refractivity contribution in [3.8, 4) is 0 Å². The average Bonchev–Trinajstić information content (AvgIpc) is 2.39. The van der Waals surface area contributed by atoms with Crippen molar-refractivity contribution in [3.05, 3.63) is 18.0 Å². The van der Waals surface area contributed by atoms with Crippen LogP contribution in [0.15, 0.2) is 17.4 Å². The number of anilines is 1. The summed E-state index contributed by atoms with van der Waals surface area (Å²) in [5.41, 5.74) is 2.38. The van der Waals surface area contributed by atoms with Crippen LogP contribution in [0.1, 0.15) is 38.2 Å². The molecule has 1 aliphatic carbocycles. The van der Waals surface area contributed by atoms with E-state index in [9.17, 15) is 5.11 Å². The molecule has 4 nitrogen and oxygen atoms in total. The number of nitrogens with one attached hydrogen (secondary N) is 1. The van der Waals surface area contributed by atoms with E-state index in [1.165, 1.54) is 5.57 Å². The lowest BCUT2D eigenvalue weighted by Gasteiger charge is -2.28. The third kappa shape index (κ3) is 2.77. The minimum atomic E-state index is -0.171. The molecule has 102 valence electrons. The molecule has 2 aliphatic rings. The fraction of sp³-hybridized carbons (Fsp3) is 0.571. The Labute approximate surface area is 117 Å². The van der Waals surface area contributed by atoms with Gasteiger partial charge >= 0.3 is 0 Å². The van der Waals surface area contributed by atoms with Gasteiger partial charge in [0.05, 0.1) is 11.7 Å². The van der Waals surface area contributed by atoms with Crippen LogP contribution in [0, 0.1) is 0 Å². The molecule has 0 amide bonds. The Morgan fingerprint density at radius 1 is 1.37 bits per heavy atom. The van der Waals surface area contributed by atoms with E-state index in [1.54, 1.807) is 18.1 Å². The van der Waals surface area contributed by atoms with E-state index < -0.39 is 0 Å². The van der Waals surface area contributed by atoms with Gasteiger partial charge in [-0.15, -0.1) is 11.8 Å². The fourth-order valence-corrected chi connectivity index (χ4v) is 3.79. The van der Waals surface area contributed by atoms with Crippen molar-refractivity contribution in [2.24, 2.45) is 0 Å². The van der Waals surface area contributed by atoms with Gasteiger partial charge in [0, 0.05) is 11.8 Å². The molecular formula is C14H19N3OS. The van der Waals surface area contributed by atoms with E-state index in [4.69, 9.17) is 0 Å². The molecule has 1 saturated carbocycles. The Morgan fingerprint density at radius 2 is 2.26 bits per heavy atom. The van der Waals surface area contributed by atoms with Gasteiger partial charge in [-0.05, 0) is 38.2 Å². The highest BCUT2D eigenvalue weighted by Gasteiger charge is 2.23. The highest BCUT2D eigenvalue weighted by atomic mass is 32.2. The van der Waals surface area contributed by atoms with Gasteiger partial charge in [-0.1, -0.05) is 6.08 Å². The first-order valence-electron chi connectivity index (χ1n) is 6.83. The second-order valence-corrected chi connectivity index (χ2v) is 6.27. The van der Waals surface area contributed by atoms with Crippen LogP contribution >= 0.6 is 11.8 Å². The van der Waals surface area contributed by atoms with Crippen LogP contribution < -0.4 is 5.32 Å². The summed E-state index contributed by atoms with van der Waals surface area (Å²) in [4.78, 5) is 8.76. The Bertz CT molecular complexity index is 503. The number of aliphatic hydroxyl groups excluding tert-OH is 1. The van der Waals surface area contributed by atoms with E-state index in [-0.39, 0.29) is 6.10 Å². The molecule has 2 heterocycles. The molecule has 19 heavy (non-hydrogen) atoms. The van der Waals surface area contributed by atoms with E-state index in [1.807, 2.05) is 0 Å². The van der Waals surface area contributed by atoms with Crippen LogP contribution in [0.4, 0.5) is 5.82 Å². The number of aromatic nitrogens is 2. The maximum atomic E-state index is 9.76. The van der Waals surface area contributed by atoms with Crippen molar-refractivity contribution in [2.75, 3.05) is 11.1 Å². The second kappa shape index (κ2) is 5.51. The van der Waals surface area contributed by atoms with Gasteiger partial charge in [0.25, 0.3) is 0 Å². The van der Waals surface area contributed by atoms with E-state index in [0.717, 1.165) is 47.8 Å². The van der Waals surface area contributed by atoms with Gasteiger partial charge in [-0.3, -0.25) is 0 Å². The molecule has 2 unspecified atom stereocenters. The molecule has 2 N–H and O–H groups in total. The highest BCUT2D eigenvalue weighted by molar-refractivity contribution is 7.99. The minimum Gasteiger partial charge on any atom is -0.393 e. The topological polar surface area (TPSA) is 58.0 Å². The van der Waals surface area contributed by atoms with Crippen LogP contribution in [0.3, 0.4) is 0 Å². The van der Waals surface area contributed by atoms with Crippen LogP contribution in [0.5, 0.6) is 0 Å². The van der Waals surface area contributed by atoms with Gasteiger partial charge in [0.15, 0.2) is 0 Å². The Kier molecular flexibility index (Phi) is 3.75. The summed E-state index contributed by atoms with van der Waals surface area (Å²) in [5, 5.41) is 14.3. The molecule has 0 saturated heterocycles. The summed E-state index contributed by atoms with van der Waals surface area (Å²) in [7, 11) is 0. The molecule has 1 aliphatic heterocycles. The lowest BCUT2D eigenvalue weighted by atomic mass is 9.93. The first-order valence-corrected chi connectivity index (χ1v) is 7.82. The number of allylic oxidation sites excluding steroid dienone is 1. The van der Waals surface area contributed by atoms with Gasteiger partial charge < -0.3 is 10.4 Å². The molecule has 0 aromatic carbocycles. The third-order valence-electron chi connectivity index (χ3n) is 3.80. The fourth-order valence-electron chi connectivity index (χ4n) is 2.78.